The molecule has 0 saturated heterocycles. The highest BCUT2D eigenvalue weighted by Crippen LogP contribution is 2.32. The predicted octanol–water partition coefficient (Wildman–Crippen LogP) is 2.06. The van der Waals surface area contributed by atoms with Crippen molar-refractivity contribution in [2.24, 2.45) is 0 Å². The van der Waals surface area contributed by atoms with E-state index in [-0.39, 0.29) is 18.4 Å². The first-order valence-corrected chi connectivity index (χ1v) is 9.11. The van der Waals surface area contributed by atoms with Gasteiger partial charge in [-0.3, -0.25) is 24.1 Å². The van der Waals surface area contributed by atoms with E-state index >= 15 is 0 Å². The van der Waals surface area contributed by atoms with Crippen molar-refractivity contribution in [2.45, 2.75) is 18.9 Å². The summed E-state index contributed by atoms with van der Waals surface area (Å²) >= 11 is 0. The molecule has 4 rings (SSSR count). The fourth-order valence-electron chi connectivity index (χ4n) is 3.49. The molecule has 0 fully saturated rings. The summed E-state index contributed by atoms with van der Waals surface area (Å²) in [5.74, 6) is -1.03. The fraction of sp³-hybridized carbons (Fsp3) is 0.182. The number of amides is 4. The summed E-state index contributed by atoms with van der Waals surface area (Å²) in [6.07, 6.45) is 11.1. The van der Waals surface area contributed by atoms with Crippen LogP contribution in [0.1, 0.15) is 13.3 Å². The molecule has 1 unspecified atom stereocenters. The molecule has 0 N–H and O–H groups in total. The standard InChI is InChI=1S/C22H18N2O5/c1-15-10-12-22(13-11-15,24-20(27)8-9-21(24)28)14-29-17-4-2-16(3-5-17)23-18(25)6-7-19(23)26/h2-12H,13-14H2,1H3. The molecule has 2 aliphatic heterocycles. The molecule has 1 aliphatic carbocycles. The Morgan fingerprint density at radius 1 is 0.862 bits per heavy atom. The van der Waals surface area contributed by atoms with E-state index in [1.165, 1.54) is 29.2 Å². The average molecular weight is 390 g/mol. The van der Waals surface area contributed by atoms with Crippen molar-refractivity contribution < 1.29 is 23.9 Å². The van der Waals surface area contributed by atoms with Crippen LogP contribution in [0.15, 0.2) is 72.4 Å². The minimum Gasteiger partial charge on any atom is -0.491 e. The maximum atomic E-state index is 12.3. The molecular formula is C22H18N2O5. The first-order chi connectivity index (χ1) is 13.9. The van der Waals surface area contributed by atoms with Crippen molar-refractivity contribution in [3.05, 3.63) is 72.4 Å². The van der Waals surface area contributed by atoms with Gasteiger partial charge in [-0.1, -0.05) is 23.8 Å². The van der Waals surface area contributed by atoms with E-state index in [1.54, 1.807) is 24.3 Å². The second kappa shape index (κ2) is 7.01. The maximum absolute atomic E-state index is 12.3. The van der Waals surface area contributed by atoms with Gasteiger partial charge >= 0.3 is 0 Å². The Balaban J connectivity index is 1.52. The summed E-state index contributed by atoms with van der Waals surface area (Å²) in [5.41, 5.74) is 0.573. The highest BCUT2D eigenvalue weighted by molar-refractivity contribution is 6.28. The van der Waals surface area contributed by atoms with Gasteiger partial charge in [0.25, 0.3) is 23.6 Å². The Bertz CT molecular complexity index is 996. The van der Waals surface area contributed by atoms with Crippen molar-refractivity contribution in [3.8, 4) is 5.75 Å². The Kier molecular flexibility index (Phi) is 4.50. The zero-order valence-electron chi connectivity index (χ0n) is 15.7. The van der Waals surface area contributed by atoms with Crippen molar-refractivity contribution in [1.29, 1.82) is 0 Å². The summed E-state index contributed by atoms with van der Waals surface area (Å²) in [6, 6.07) is 6.50. The number of carbonyl (C=O) groups excluding carboxylic acids is 4. The van der Waals surface area contributed by atoms with Crippen molar-refractivity contribution in [3.63, 3.8) is 0 Å². The van der Waals surface area contributed by atoms with E-state index in [9.17, 15) is 19.2 Å². The fourth-order valence-corrected chi connectivity index (χ4v) is 3.49. The van der Waals surface area contributed by atoms with Crippen LogP contribution in [0.3, 0.4) is 0 Å². The van der Waals surface area contributed by atoms with Crippen LogP contribution >= 0.6 is 0 Å². The third-order valence-corrected chi connectivity index (χ3v) is 5.08. The smallest absolute Gasteiger partial charge is 0.258 e. The molecule has 1 aromatic carbocycles. The molecule has 0 bridgehead atoms. The van der Waals surface area contributed by atoms with Crippen LogP contribution in [0.4, 0.5) is 5.69 Å². The van der Waals surface area contributed by atoms with E-state index in [0.717, 1.165) is 10.5 Å². The third kappa shape index (κ3) is 3.31. The average Bonchev–Trinajstić information content (AvgIpc) is 3.23. The molecule has 7 nitrogen and oxygen atoms in total. The maximum Gasteiger partial charge on any atom is 0.258 e. The number of hydrogen-bond acceptors (Lipinski definition) is 5. The third-order valence-electron chi connectivity index (χ3n) is 5.08. The zero-order chi connectivity index (χ0) is 20.6. The molecule has 0 spiro atoms. The lowest BCUT2D eigenvalue weighted by atomic mass is 9.87. The first kappa shape index (κ1) is 18.6. The van der Waals surface area contributed by atoms with Gasteiger partial charge in [0.15, 0.2) is 0 Å². The highest BCUT2D eigenvalue weighted by Gasteiger charge is 2.43. The second-order valence-electron chi connectivity index (χ2n) is 7.06. The Labute approximate surface area is 167 Å². The molecule has 7 heteroatoms. The monoisotopic (exact) mass is 390 g/mol. The Morgan fingerprint density at radius 2 is 1.45 bits per heavy atom. The molecule has 0 saturated carbocycles. The van der Waals surface area contributed by atoms with Gasteiger partial charge in [0.2, 0.25) is 0 Å². The summed E-state index contributed by atoms with van der Waals surface area (Å²) in [6.45, 7) is 2.02. The van der Waals surface area contributed by atoms with Gasteiger partial charge in [-0.15, -0.1) is 0 Å². The zero-order valence-corrected chi connectivity index (χ0v) is 15.7. The topological polar surface area (TPSA) is 84.0 Å². The van der Waals surface area contributed by atoms with E-state index < -0.39 is 17.4 Å². The minimum absolute atomic E-state index is 0.0783. The predicted molar refractivity (Wildman–Crippen MR) is 105 cm³/mol. The number of imide groups is 2. The van der Waals surface area contributed by atoms with E-state index in [2.05, 4.69) is 0 Å². The van der Waals surface area contributed by atoms with Crippen molar-refractivity contribution >= 4 is 29.3 Å². The number of allylic oxidation sites excluding steroid dienone is 2. The Hall–Kier alpha value is -3.74. The van der Waals surface area contributed by atoms with Crippen molar-refractivity contribution in [2.75, 3.05) is 11.5 Å². The lowest BCUT2D eigenvalue weighted by Crippen LogP contribution is -2.54. The van der Waals surface area contributed by atoms with Crippen LogP contribution in [0.5, 0.6) is 5.75 Å². The summed E-state index contributed by atoms with van der Waals surface area (Å²) in [7, 11) is 0. The number of rotatable bonds is 5. The second-order valence-corrected chi connectivity index (χ2v) is 7.06. The number of nitrogens with zero attached hydrogens (tertiary/aromatic N) is 2. The molecule has 1 atom stereocenters. The molecule has 146 valence electrons. The van der Waals surface area contributed by atoms with Crippen LogP contribution in [0.2, 0.25) is 0 Å². The molecule has 0 aromatic heterocycles. The van der Waals surface area contributed by atoms with Gasteiger partial charge in [0.1, 0.15) is 17.9 Å². The summed E-state index contributed by atoms with van der Waals surface area (Å²) < 4.78 is 5.91. The number of hydrogen-bond donors (Lipinski definition) is 0. The Morgan fingerprint density at radius 3 is 2.00 bits per heavy atom. The lowest BCUT2D eigenvalue weighted by molar-refractivity contribution is -0.143. The van der Waals surface area contributed by atoms with Crippen molar-refractivity contribution in [1.82, 2.24) is 4.90 Å². The number of ether oxygens (including phenoxy) is 1. The van der Waals surface area contributed by atoms with Gasteiger partial charge in [-0.2, -0.15) is 0 Å². The van der Waals surface area contributed by atoms with Gasteiger partial charge in [-0.25, -0.2) is 4.90 Å². The van der Waals surface area contributed by atoms with E-state index in [4.69, 9.17) is 4.74 Å². The van der Waals surface area contributed by atoms with Crippen LogP contribution in [0.25, 0.3) is 0 Å². The van der Waals surface area contributed by atoms with E-state index in [1.807, 2.05) is 25.2 Å². The molecule has 29 heavy (non-hydrogen) atoms. The number of benzene rings is 1. The van der Waals surface area contributed by atoms with Gasteiger partial charge in [-0.05, 0) is 37.6 Å². The largest absolute Gasteiger partial charge is 0.491 e. The minimum atomic E-state index is -0.916. The number of carbonyl (C=O) groups is 4. The quantitative estimate of drug-likeness (QED) is 0.719. The van der Waals surface area contributed by atoms with Gasteiger partial charge < -0.3 is 4.74 Å². The highest BCUT2D eigenvalue weighted by atomic mass is 16.5. The lowest BCUT2D eigenvalue weighted by Gasteiger charge is -2.38. The van der Waals surface area contributed by atoms with Crippen LogP contribution in [0, 0.1) is 0 Å². The summed E-state index contributed by atoms with van der Waals surface area (Å²) in [5, 5.41) is 0. The van der Waals surface area contributed by atoms with E-state index in [0.29, 0.717) is 17.9 Å². The number of anilines is 1. The summed E-state index contributed by atoms with van der Waals surface area (Å²) in [4.78, 5) is 50.4. The van der Waals surface area contributed by atoms with Gasteiger partial charge in [0.05, 0.1) is 5.69 Å². The van der Waals surface area contributed by atoms with Crippen LogP contribution in [-0.2, 0) is 19.2 Å². The van der Waals surface area contributed by atoms with Crippen LogP contribution in [-0.4, -0.2) is 40.7 Å². The molecule has 1 aromatic rings. The molecule has 2 heterocycles. The molecular weight excluding hydrogens is 372 g/mol. The van der Waals surface area contributed by atoms with Crippen LogP contribution < -0.4 is 9.64 Å². The SMILES string of the molecule is CC1=CCC(COc2ccc(N3C(=O)C=CC3=O)cc2)(N2C(=O)C=CC2=O)C=C1. The molecule has 4 amide bonds. The molecule has 0 radical (unpaired) electrons. The normalized spacial score (nSPS) is 23.4. The first-order valence-electron chi connectivity index (χ1n) is 9.11. The van der Waals surface area contributed by atoms with Gasteiger partial charge in [0, 0.05) is 24.3 Å². The molecule has 3 aliphatic rings.